The Balaban J connectivity index is 0.967. The molecule has 0 bridgehead atoms. The van der Waals surface area contributed by atoms with Crippen molar-refractivity contribution in [2.45, 2.75) is 32.5 Å². The Morgan fingerprint density at radius 1 is 0.475 bits per heavy atom. The molecule has 0 atom stereocenters. The molecule has 0 spiro atoms. The summed E-state index contributed by atoms with van der Waals surface area (Å²) in [6, 6.07) is 69.5. The maximum Gasteiger partial charge on any atom is 0.0776 e. The molecule has 294 valence electrons. The lowest BCUT2D eigenvalue weighted by atomic mass is 9.98. The van der Waals surface area contributed by atoms with Gasteiger partial charge in [-0.25, -0.2) is 0 Å². The molecule has 0 amide bonds. The number of hydrogen-bond donors (Lipinski definition) is 0. The van der Waals surface area contributed by atoms with E-state index < -0.39 is 8.07 Å². The molecule has 0 fully saturated rings. The van der Waals surface area contributed by atoms with Crippen molar-refractivity contribution in [1.82, 2.24) is 4.57 Å². The number of thiophene rings is 1. The van der Waals surface area contributed by atoms with Crippen molar-refractivity contribution in [3.8, 4) is 39.1 Å². The molecule has 2 heterocycles. The highest BCUT2D eigenvalue weighted by Gasteiger charge is 2.22. The quantitative estimate of drug-likeness (QED) is 0.139. The summed E-state index contributed by atoms with van der Waals surface area (Å²) in [6.07, 6.45) is 6.78. The van der Waals surface area contributed by atoms with E-state index in [4.69, 9.17) is 0 Å². The van der Waals surface area contributed by atoms with Gasteiger partial charge in [0.15, 0.2) is 0 Å². The molecule has 1 aliphatic rings. The van der Waals surface area contributed by atoms with Crippen LogP contribution < -0.4 is 10.1 Å². The number of aromatic nitrogens is 1. The molecule has 4 heteroatoms. The molecule has 0 N–H and O–H groups in total. The van der Waals surface area contributed by atoms with Gasteiger partial charge in [0.25, 0.3) is 0 Å². The number of allylic oxidation sites excluding steroid dienone is 1. The fourth-order valence-electron chi connectivity index (χ4n) is 9.18. The summed E-state index contributed by atoms with van der Waals surface area (Å²) in [5.41, 5.74) is 15.9. The molecule has 0 saturated carbocycles. The molecular formula is C57H46N2SSi. The van der Waals surface area contributed by atoms with Crippen molar-refractivity contribution < 1.29 is 0 Å². The SMILES string of the molecule is C[Si](C)(C)c1ccc2sc3ccc(-n4c5c(c6cc(-c7ccc(N(c8ccc(-c9ccccc9)cc8)c8ccc(-c9ccccc9)cc8)cc7)ccc64)C=CCC5)cc3c2c1. The van der Waals surface area contributed by atoms with Gasteiger partial charge < -0.3 is 9.47 Å². The van der Waals surface area contributed by atoms with Crippen LogP contribution in [0.25, 0.3) is 76.2 Å². The van der Waals surface area contributed by atoms with Crippen molar-refractivity contribution in [2.24, 2.45) is 0 Å². The van der Waals surface area contributed by atoms with Gasteiger partial charge in [-0.1, -0.05) is 152 Å². The average Bonchev–Trinajstić information content (AvgIpc) is 3.85. The number of anilines is 3. The number of nitrogens with zero attached hydrogens (tertiary/aromatic N) is 2. The minimum absolute atomic E-state index is 1.03. The zero-order valence-electron chi connectivity index (χ0n) is 34.8. The largest absolute Gasteiger partial charge is 0.313 e. The predicted molar refractivity (Wildman–Crippen MR) is 267 cm³/mol. The van der Waals surface area contributed by atoms with Crippen molar-refractivity contribution in [3.05, 3.63) is 205 Å². The first kappa shape index (κ1) is 37.3. The molecule has 1 aliphatic carbocycles. The Hall–Kier alpha value is -6.72. The second-order valence-corrected chi connectivity index (χ2v) is 23.5. The van der Waals surface area contributed by atoms with E-state index in [-0.39, 0.29) is 0 Å². The third-order valence-electron chi connectivity index (χ3n) is 12.4. The molecular weight excluding hydrogens is 773 g/mol. The summed E-state index contributed by atoms with van der Waals surface area (Å²) in [6.45, 7) is 7.32. The van der Waals surface area contributed by atoms with Gasteiger partial charge in [0, 0.05) is 59.6 Å². The van der Waals surface area contributed by atoms with Crippen LogP contribution in [0.3, 0.4) is 0 Å². The Labute approximate surface area is 363 Å². The molecule has 0 saturated heterocycles. The molecule has 10 aromatic rings. The summed E-state index contributed by atoms with van der Waals surface area (Å²) in [7, 11) is -1.44. The first-order chi connectivity index (χ1) is 29.9. The molecule has 0 radical (unpaired) electrons. The minimum Gasteiger partial charge on any atom is -0.313 e. The van der Waals surface area contributed by atoms with Gasteiger partial charge in [-0.15, -0.1) is 11.3 Å². The Kier molecular flexibility index (Phi) is 9.22. The van der Waals surface area contributed by atoms with Gasteiger partial charge in [0.2, 0.25) is 0 Å². The van der Waals surface area contributed by atoms with E-state index in [0.29, 0.717) is 0 Å². The summed E-state index contributed by atoms with van der Waals surface area (Å²) in [5.74, 6) is 0. The molecule has 61 heavy (non-hydrogen) atoms. The van der Waals surface area contributed by atoms with E-state index in [0.717, 1.165) is 29.9 Å². The summed E-state index contributed by atoms with van der Waals surface area (Å²) in [4.78, 5) is 2.36. The van der Waals surface area contributed by atoms with Crippen LogP contribution in [0.1, 0.15) is 17.7 Å². The van der Waals surface area contributed by atoms with Crippen LogP contribution in [-0.4, -0.2) is 12.6 Å². The van der Waals surface area contributed by atoms with Gasteiger partial charge in [-0.2, -0.15) is 0 Å². The zero-order chi connectivity index (χ0) is 41.1. The number of rotatable bonds is 8. The molecule has 2 nitrogen and oxygen atoms in total. The fourth-order valence-corrected chi connectivity index (χ4v) is 11.4. The Morgan fingerprint density at radius 2 is 0.984 bits per heavy atom. The molecule has 2 aromatic heterocycles. The van der Waals surface area contributed by atoms with E-state index in [1.54, 1.807) is 0 Å². The fraction of sp³-hybridized carbons (Fsp3) is 0.0877. The molecule has 8 aromatic carbocycles. The zero-order valence-corrected chi connectivity index (χ0v) is 36.6. The van der Waals surface area contributed by atoms with Crippen LogP contribution in [0.4, 0.5) is 17.1 Å². The van der Waals surface area contributed by atoms with Gasteiger partial charge >= 0.3 is 0 Å². The maximum absolute atomic E-state index is 2.54. The Bertz CT molecular complexity index is 3160. The van der Waals surface area contributed by atoms with Crippen molar-refractivity contribution in [2.75, 3.05) is 4.90 Å². The normalized spacial score (nSPS) is 12.6. The third kappa shape index (κ3) is 6.82. The van der Waals surface area contributed by atoms with Gasteiger partial charge in [0.05, 0.1) is 13.6 Å². The molecule has 11 rings (SSSR count). The van der Waals surface area contributed by atoms with Crippen LogP contribution in [0.5, 0.6) is 0 Å². The smallest absolute Gasteiger partial charge is 0.0776 e. The monoisotopic (exact) mass is 818 g/mol. The van der Waals surface area contributed by atoms with E-state index in [2.05, 4.69) is 229 Å². The first-order valence-electron chi connectivity index (χ1n) is 21.4. The lowest BCUT2D eigenvalue weighted by Crippen LogP contribution is -2.37. The third-order valence-corrected chi connectivity index (χ3v) is 15.6. The number of benzene rings is 8. The van der Waals surface area contributed by atoms with Crippen molar-refractivity contribution in [1.29, 1.82) is 0 Å². The standard InChI is InChI=1S/C57H46N2SSi/c1-61(2,3)49-32-35-57-53(38-49)52-37-48(31-34-56(52)60-57)59-54-17-11-10-16-50(54)51-36-44(24-33-55(51)59)43-22-29-47(30-23-43)58(45-25-18-41(19-26-45)39-12-6-4-7-13-39)46-27-20-42(21-28-46)40-14-8-5-9-15-40/h4-10,12-16,18-38H,11,17H2,1-3H3. The number of hydrogen-bond acceptors (Lipinski definition) is 2. The predicted octanol–water partition coefficient (Wildman–Crippen LogP) is 16.0. The molecule has 0 unspecified atom stereocenters. The van der Waals surface area contributed by atoms with Crippen molar-refractivity contribution >= 4 is 78.8 Å². The highest BCUT2D eigenvalue weighted by Crippen LogP contribution is 2.41. The first-order valence-corrected chi connectivity index (χ1v) is 25.7. The van der Waals surface area contributed by atoms with E-state index in [1.807, 2.05) is 11.3 Å². The van der Waals surface area contributed by atoms with Crippen LogP contribution in [0, 0.1) is 0 Å². The second kappa shape index (κ2) is 15.1. The van der Waals surface area contributed by atoms with Crippen LogP contribution in [-0.2, 0) is 6.42 Å². The summed E-state index contributed by atoms with van der Waals surface area (Å²) in [5, 5.41) is 5.58. The minimum atomic E-state index is -1.44. The van der Waals surface area contributed by atoms with E-state index >= 15 is 0 Å². The van der Waals surface area contributed by atoms with Gasteiger partial charge in [0.1, 0.15) is 0 Å². The van der Waals surface area contributed by atoms with E-state index in [9.17, 15) is 0 Å². The maximum atomic E-state index is 2.54. The average molecular weight is 819 g/mol. The topological polar surface area (TPSA) is 8.17 Å². The second-order valence-electron chi connectivity index (χ2n) is 17.3. The van der Waals surface area contributed by atoms with Crippen molar-refractivity contribution in [3.63, 3.8) is 0 Å². The summed E-state index contributed by atoms with van der Waals surface area (Å²) >= 11 is 1.91. The van der Waals surface area contributed by atoms with Gasteiger partial charge in [-0.3, -0.25) is 0 Å². The van der Waals surface area contributed by atoms with Crippen LogP contribution in [0.15, 0.2) is 194 Å². The highest BCUT2D eigenvalue weighted by atomic mass is 32.1. The summed E-state index contributed by atoms with van der Waals surface area (Å²) < 4.78 is 5.27. The van der Waals surface area contributed by atoms with E-state index in [1.165, 1.54) is 86.6 Å². The van der Waals surface area contributed by atoms with Gasteiger partial charge in [-0.05, 0) is 119 Å². The number of fused-ring (bicyclic) bond motifs is 6. The lowest BCUT2D eigenvalue weighted by Gasteiger charge is -2.26. The molecule has 0 aliphatic heterocycles. The Morgan fingerprint density at radius 3 is 1.56 bits per heavy atom. The van der Waals surface area contributed by atoms with Crippen LogP contribution in [0.2, 0.25) is 19.6 Å². The highest BCUT2D eigenvalue weighted by molar-refractivity contribution is 7.25. The van der Waals surface area contributed by atoms with Crippen LogP contribution >= 0.6 is 11.3 Å². The lowest BCUT2D eigenvalue weighted by molar-refractivity contribution is 0.889.